The lowest BCUT2D eigenvalue weighted by Crippen LogP contribution is -2.01. The number of rotatable bonds is 9. The first-order chi connectivity index (χ1) is 13.8. The van der Waals surface area contributed by atoms with Crippen molar-refractivity contribution in [3.05, 3.63) is 25.3 Å². The average molecular weight is 380 g/mol. The van der Waals surface area contributed by atoms with Crippen molar-refractivity contribution in [2.75, 3.05) is 24.7 Å². The molecule has 0 fully saturated rings. The van der Waals surface area contributed by atoms with Gasteiger partial charge >= 0.3 is 0 Å². The number of hydrogen-bond acceptors (Lipinski definition) is 8. The van der Waals surface area contributed by atoms with Gasteiger partial charge in [0.15, 0.2) is 22.9 Å². The molecule has 0 amide bonds. The molecule has 0 aliphatic carbocycles. The van der Waals surface area contributed by atoms with Gasteiger partial charge in [0.2, 0.25) is 0 Å². The molecule has 4 rings (SSSR count). The van der Waals surface area contributed by atoms with Crippen LogP contribution in [0.4, 0.5) is 11.6 Å². The normalized spacial score (nSPS) is 11.4. The molecule has 10 heteroatoms. The Morgan fingerprint density at radius 2 is 1.11 bits per heavy atom. The number of nitrogens with one attached hydrogen (secondary N) is 2. The molecule has 4 heterocycles. The van der Waals surface area contributed by atoms with E-state index < -0.39 is 0 Å². The van der Waals surface area contributed by atoms with Crippen LogP contribution in [0, 0.1) is 0 Å². The second-order valence-corrected chi connectivity index (χ2v) is 6.58. The van der Waals surface area contributed by atoms with Crippen molar-refractivity contribution in [2.24, 2.45) is 0 Å². The second kappa shape index (κ2) is 8.15. The molecule has 2 N–H and O–H groups in total. The molecule has 0 aliphatic heterocycles. The third kappa shape index (κ3) is 3.45. The van der Waals surface area contributed by atoms with E-state index >= 15 is 0 Å². The van der Waals surface area contributed by atoms with E-state index in [0.29, 0.717) is 0 Å². The van der Waals surface area contributed by atoms with Crippen LogP contribution in [0.1, 0.15) is 25.7 Å². The zero-order chi connectivity index (χ0) is 19.3. The largest absolute Gasteiger partial charge is 0.371 e. The fourth-order valence-corrected chi connectivity index (χ4v) is 3.37. The summed E-state index contributed by atoms with van der Waals surface area (Å²) in [5.41, 5.74) is 3.40. The first-order valence-electron chi connectivity index (χ1n) is 9.49. The Bertz CT molecular complexity index is 981. The summed E-state index contributed by atoms with van der Waals surface area (Å²) in [7, 11) is 3.69. The van der Waals surface area contributed by atoms with E-state index in [-0.39, 0.29) is 0 Å². The number of hydrogen-bond donors (Lipinski definition) is 2. The van der Waals surface area contributed by atoms with E-state index in [1.165, 1.54) is 0 Å². The first-order valence-corrected chi connectivity index (χ1v) is 9.49. The highest BCUT2D eigenvalue weighted by Gasteiger charge is 2.09. The Kier molecular flexibility index (Phi) is 5.27. The van der Waals surface area contributed by atoms with Gasteiger partial charge in [-0.3, -0.25) is 0 Å². The van der Waals surface area contributed by atoms with E-state index in [4.69, 9.17) is 0 Å². The average Bonchev–Trinajstić information content (AvgIpc) is 3.34. The number of imidazole rings is 2. The molecule has 10 nitrogen and oxygen atoms in total. The molecule has 0 saturated heterocycles. The number of unbranched alkanes of at least 4 members (excludes halogenated alkanes) is 3. The van der Waals surface area contributed by atoms with Gasteiger partial charge in [0.25, 0.3) is 0 Å². The Labute approximate surface area is 162 Å². The fraction of sp³-hybridized carbons (Fsp3) is 0.444. The lowest BCUT2D eigenvalue weighted by atomic mass is 10.2. The maximum absolute atomic E-state index is 4.43. The van der Waals surface area contributed by atoms with Crippen molar-refractivity contribution in [3.8, 4) is 0 Å². The van der Waals surface area contributed by atoms with Gasteiger partial charge in [-0.15, -0.1) is 0 Å². The second-order valence-electron chi connectivity index (χ2n) is 6.58. The summed E-state index contributed by atoms with van der Waals surface area (Å²) in [5, 5.41) is 6.11. The molecule has 0 saturated carbocycles. The minimum atomic E-state index is 0.765. The van der Waals surface area contributed by atoms with Gasteiger partial charge in [-0.1, -0.05) is 12.8 Å². The number of aryl methyl sites for hydroxylation is 2. The molecular formula is C18H24N10. The third-order valence-corrected chi connectivity index (χ3v) is 4.82. The predicted octanol–water partition coefficient (Wildman–Crippen LogP) is 2.31. The molecule has 4 aromatic rings. The van der Waals surface area contributed by atoms with Crippen LogP contribution in [0.25, 0.3) is 22.3 Å². The molecule has 146 valence electrons. The van der Waals surface area contributed by atoms with Crippen LogP contribution >= 0.6 is 0 Å². The lowest BCUT2D eigenvalue weighted by molar-refractivity contribution is 0.546. The standard InChI is InChI=1S/C18H24N10/c1-19-15-13-17(23-9-21-15)27(11-25-13)7-5-3-4-6-8-28-12-26-14-16(20-2)22-10-24-18(14)28/h9-12H,3-8H2,1-2H3,(H,19,21,23)(H,20,22,24). The molecule has 0 unspecified atom stereocenters. The van der Waals surface area contributed by atoms with Gasteiger partial charge in [-0.05, 0) is 12.8 Å². The van der Waals surface area contributed by atoms with Crippen LogP contribution < -0.4 is 10.6 Å². The molecular weight excluding hydrogens is 356 g/mol. The molecule has 0 atom stereocenters. The summed E-state index contributed by atoms with van der Waals surface area (Å²) in [5.74, 6) is 1.53. The maximum atomic E-state index is 4.43. The van der Waals surface area contributed by atoms with Crippen molar-refractivity contribution >= 4 is 34.0 Å². The summed E-state index contributed by atoms with van der Waals surface area (Å²) < 4.78 is 4.19. The molecule has 0 bridgehead atoms. The van der Waals surface area contributed by atoms with Gasteiger partial charge in [-0.25, -0.2) is 29.9 Å². The van der Waals surface area contributed by atoms with Crippen LogP contribution in [0.15, 0.2) is 25.3 Å². The summed E-state index contributed by atoms with van der Waals surface area (Å²) >= 11 is 0. The number of anilines is 2. The zero-order valence-electron chi connectivity index (χ0n) is 16.1. The van der Waals surface area contributed by atoms with E-state index in [9.17, 15) is 0 Å². The van der Waals surface area contributed by atoms with Crippen LogP contribution in [0.5, 0.6) is 0 Å². The monoisotopic (exact) mass is 380 g/mol. The third-order valence-electron chi connectivity index (χ3n) is 4.82. The SMILES string of the molecule is CNc1ncnc2c1ncn2CCCCCCn1cnc2c(NC)ncnc21. The quantitative estimate of drug-likeness (QED) is 0.426. The van der Waals surface area contributed by atoms with Crippen LogP contribution in [-0.2, 0) is 13.1 Å². The molecule has 0 spiro atoms. The number of fused-ring (bicyclic) bond motifs is 2. The molecule has 0 aromatic carbocycles. The first kappa shape index (κ1) is 18.1. The summed E-state index contributed by atoms with van der Waals surface area (Å²) in [6.45, 7) is 1.81. The highest BCUT2D eigenvalue weighted by molar-refractivity contribution is 5.83. The predicted molar refractivity (Wildman–Crippen MR) is 108 cm³/mol. The smallest absolute Gasteiger partial charge is 0.165 e. The Morgan fingerprint density at radius 1 is 0.643 bits per heavy atom. The Hall–Kier alpha value is -3.30. The van der Waals surface area contributed by atoms with Crippen molar-refractivity contribution in [2.45, 2.75) is 38.8 Å². The van der Waals surface area contributed by atoms with Crippen molar-refractivity contribution in [1.29, 1.82) is 0 Å². The molecule has 0 radical (unpaired) electrons. The fourth-order valence-electron chi connectivity index (χ4n) is 3.37. The lowest BCUT2D eigenvalue weighted by Gasteiger charge is -2.06. The summed E-state index contributed by atoms with van der Waals surface area (Å²) in [4.78, 5) is 26.0. The van der Waals surface area contributed by atoms with Crippen LogP contribution in [-0.4, -0.2) is 53.1 Å². The molecule has 0 aliphatic rings. The van der Waals surface area contributed by atoms with E-state index in [2.05, 4.69) is 49.7 Å². The van der Waals surface area contributed by atoms with Crippen LogP contribution in [0.3, 0.4) is 0 Å². The topological polar surface area (TPSA) is 111 Å². The van der Waals surface area contributed by atoms with Gasteiger partial charge in [-0.2, -0.15) is 0 Å². The van der Waals surface area contributed by atoms with E-state index in [1.807, 2.05) is 26.7 Å². The van der Waals surface area contributed by atoms with E-state index in [0.717, 1.165) is 72.7 Å². The van der Waals surface area contributed by atoms with Gasteiger partial charge in [0.05, 0.1) is 12.7 Å². The maximum Gasteiger partial charge on any atom is 0.165 e. The highest BCUT2D eigenvalue weighted by atomic mass is 15.1. The van der Waals surface area contributed by atoms with Crippen molar-refractivity contribution in [1.82, 2.24) is 39.0 Å². The van der Waals surface area contributed by atoms with Crippen molar-refractivity contribution < 1.29 is 0 Å². The summed E-state index contributed by atoms with van der Waals surface area (Å²) in [6.07, 6.45) is 11.3. The summed E-state index contributed by atoms with van der Waals surface area (Å²) in [6, 6.07) is 0. The van der Waals surface area contributed by atoms with Gasteiger partial charge in [0, 0.05) is 27.2 Å². The minimum Gasteiger partial charge on any atom is -0.371 e. The molecule has 4 aromatic heterocycles. The minimum absolute atomic E-state index is 0.765. The number of nitrogens with zero attached hydrogens (tertiary/aromatic N) is 8. The molecule has 28 heavy (non-hydrogen) atoms. The number of aromatic nitrogens is 8. The Balaban J connectivity index is 1.27. The van der Waals surface area contributed by atoms with Gasteiger partial charge in [0.1, 0.15) is 23.7 Å². The zero-order valence-corrected chi connectivity index (χ0v) is 16.1. The highest BCUT2D eigenvalue weighted by Crippen LogP contribution is 2.19. The van der Waals surface area contributed by atoms with Crippen molar-refractivity contribution in [3.63, 3.8) is 0 Å². The van der Waals surface area contributed by atoms with Gasteiger partial charge < -0.3 is 19.8 Å². The van der Waals surface area contributed by atoms with E-state index in [1.54, 1.807) is 12.7 Å². The Morgan fingerprint density at radius 3 is 1.54 bits per heavy atom. The van der Waals surface area contributed by atoms with Crippen LogP contribution in [0.2, 0.25) is 0 Å².